The number of amides is 2. The molecule has 0 aromatic heterocycles. The number of quaternary nitrogens is 1. The van der Waals surface area contributed by atoms with E-state index >= 15 is 0 Å². The van der Waals surface area contributed by atoms with E-state index in [2.05, 4.69) is 41.8 Å². The fraction of sp³-hybridized carbons (Fsp3) is 0.333. The standard InChI is InChI=1S/C21H25N3O2/c1-15-7-9-16(10-8-15)13-24(2)14-20(25)23-19-6-4-3-5-18(19)21(26)22-17-11-12-17/h3-10,17H,11-14H2,1-2H3,(H,22,26)(H,23,25)/p+1. The Balaban J connectivity index is 1.57. The van der Waals surface area contributed by atoms with E-state index in [4.69, 9.17) is 0 Å². The zero-order valence-corrected chi connectivity index (χ0v) is 15.3. The molecule has 1 fully saturated rings. The van der Waals surface area contributed by atoms with E-state index in [1.54, 1.807) is 12.1 Å². The van der Waals surface area contributed by atoms with E-state index in [1.165, 1.54) is 11.1 Å². The van der Waals surface area contributed by atoms with Crippen LogP contribution < -0.4 is 15.5 Å². The second kappa shape index (κ2) is 8.15. The highest BCUT2D eigenvalue weighted by Gasteiger charge is 2.25. The quantitative estimate of drug-likeness (QED) is 0.708. The van der Waals surface area contributed by atoms with Crippen molar-refractivity contribution in [2.75, 3.05) is 18.9 Å². The second-order valence-electron chi connectivity index (χ2n) is 7.14. The van der Waals surface area contributed by atoms with E-state index in [-0.39, 0.29) is 17.9 Å². The largest absolute Gasteiger partial charge is 0.349 e. The maximum Gasteiger partial charge on any atom is 0.279 e. The van der Waals surface area contributed by atoms with E-state index in [9.17, 15) is 9.59 Å². The number of anilines is 1. The number of aryl methyl sites for hydroxylation is 1. The molecule has 1 saturated carbocycles. The van der Waals surface area contributed by atoms with E-state index in [1.807, 2.05) is 19.2 Å². The van der Waals surface area contributed by atoms with Gasteiger partial charge in [-0.3, -0.25) is 9.59 Å². The fourth-order valence-corrected chi connectivity index (χ4v) is 2.87. The van der Waals surface area contributed by atoms with Crippen molar-refractivity contribution in [2.24, 2.45) is 0 Å². The average molecular weight is 352 g/mol. The first-order valence-corrected chi connectivity index (χ1v) is 9.08. The van der Waals surface area contributed by atoms with Gasteiger partial charge in [-0.25, -0.2) is 0 Å². The van der Waals surface area contributed by atoms with E-state index in [0.29, 0.717) is 17.8 Å². The Morgan fingerprint density at radius 3 is 2.46 bits per heavy atom. The van der Waals surface area contributed by atoms with Gasteiger partial charge in [-0.15, -0.1) is 0 Å². The third kappa shape index (κ3) is 5.17. The molecule has 5 heteroatoms. The molecule has 0 bridgehead atoms. The molecule has 0 heterocycles. The molecule has 5 nitrogen and oxygen atoms in total. The summed E-state index contributed by atoms with van der Waals surface area (Å²) in [6.45, 7) is 3.18. The minimum atomic E-state index is -0.122. The summed E-state index contributed by atoms with van der Waals surface area (Å²) in [5, 5.41) is 5.86. The van der Waals surface area contributed by atoms with Crippen molar-refractivity contribution in [1.82, 2.24) is 5.32 Å². The van der Waals surface area contributed by atoms with Gasteiger partial charge in [0.25, 0.3) is 11.8 Å². The lowest BCUT2D eigenvalue weighted by Crippen LogP contribution is -3.08. The van der Waals surface area contributed by atoms with Gasteiger partial charge < -0.3 is 15.5 Å². The Morgan fingerprint density at radius 2 is 1.77 bits per heavy atom. The maximum atomic E-state index is 12.4. The summed E-state index contributed by atoms with van der Waals surface area (Å²) < 4.78 is 0. The van der Waals surface area contributed by atoms with Crippen LogP contribution >= 0.6 is 0 Å². The highest BCUT2D eigenvalue weighted by atomic mass is 16.2. The van der Waals surface area contributed by atoms with Crippen molar-refractivity contribution in [2.45, 2.75) is 32.4 Å². The molecule has 1 unspecified atom stereocenters. The number of rotatable bonds is 7. The van der Waals surface area contributed by atoms with Crippen molar-refractivity contribution in [1.29, 1.82) is 0 Å². The molecule has 136 valence electrons. The predicted octanol–water partition coefficient (Wildman–Crippen LogP) is 1.54. The normalized spacial score (nSPS) is 14.5. The Kier molecular flexibility index (Phi) is 5.68. The summed E-state index contributed by atoms with van der Waals surface area (Å²) in [6.07, 6.45) is 2.07. The number of hydrogen-bond acceptors (Lipinski definition) is 2. The highest BCUT2D eigenvalue weighted by molar-refractivity contribution is 6.04. The van der Waals surface area contributed by atoms with Crippen molar-refractivity contribution < 1.29 is 14.5 Å². The van der Waals surface area contributed by atoms with Gasteiger partial charge in [0.2, 0.25) is 0 Å². The molecule has 0 aliphatic heterocycles. The Morgan fingerprint density at radius 1 is 1.08 bits per heavy atom. The summed E-state index contributed by atoms with van der Waals surface area (Å²) in [7, 11) is 1.99. The number of para-hydroxylation sites is 1. The van der Waals surface area contributed by atoms with Gasteiger partial charge in [-0.2, -0.15) is 0 Å². The highest BCUT2D eigenvalue weighted by Crippen LogP contribution is 2.21. The van der Waals surface area contributed by atoms with Crippen LogP contribution in [0.1, 0.15) is 34.3 Å². The van der Waals surface area contributed by atoms with Crippen LogP contribution in [0, 0.1) is 6.92 Å². The summed E-state index contributed by atoms with van der Waals surface area (Å²) in [6, 6.07) is 15.8. The molecule has 3 N–H and O–H groups in total. The summed E-state index contributed by atoms with van der Waals surface area (Å²) in [4.78, 5) is 25.8. The molecular formula is C21H26N3O2+. The Bertz CT molecular complexity index is 782. The molecule has 0 saturated heterocycles. The summed E-state index contributed by atoms with van der Waals surface area (Å²) in [5.41, 5.74) is 3.51. The van der Waals surface area contributed by atoms with Crippen LogP contribution in [0.5, 0.6) is 0 Å². The molecule has 26 heavy (non-hydrogen) atoms. The van der Waals surface area contributed by atoms with Gasteiger partial charge in [0.05, 0.1) is 18.3 Å². The Labute approximate surface area is 154 Å². The number of benzene rings is 2. The lowest BCUT2D eigenvalue weighted by Gasteiger charge is -2.15. The molecule has 2 aromatic rings. The monoisotopic (exact) mass is 352 g/mol. The van der Waals surface area contributed by atoms with Gasteiger partial charge in [-0.05, 0) is 31.9 Å². The van der Waals surface area contributed by atoms with Crippen LogP contribution in [0.15, 0.2) is 48.5 Å². The molecular weight excluding hydrogens is 326 g/mol. The van der Waals surface area contributed by atoms with Crippen LogP contribution in [0.4, 0.5) is 5.69 Å². The van der Waals surface area contributed by atoms with Crippen LogP contribution in [0.25, 0.3) is 0 Å². The van der Waals surface area contributed by atoms with Gasteiger partial charge in [0.15, 0.2) is 6.54 Å². The van der Waals surface area contributed by atoms with Crippen LogP contribution in [-0.4, -0.2) is 31.4 Å². The van der Waals surface area contributed by atoms with Crippen LogP contribution in [-0.2, 0) is 11.3 Å². The van der Waals surface area contributed by atoms with Crippen LogP contribution in [0.2, 0.25) is 0 Å². The van der Waals surface area contributed by atoms with Crippen LogP contribution in [0.3, 0.4) is 0 Å². The zero-order valence-electron chi connectivity index (χ0n) is 15.3. The molecule has 0 spiro atoms. The molecule has 2 amide bonds. The zero-order chi connectivity index (χ0) is 18.5. The average Bonchev–Trinajstić information content (AvgIpc) is 3.41. The van der Waals surface area contributed by atoms with Crippen molar-refractivity contribution >= 4 is 17.5 Å². The predicted molar refractivity (Wildman–Crippen MR) is 102 cm³/mol. The summed E-state index contributed by atoms with van der Waals surface area (Å²) in [5.74, 6) is -0.218. The van der Waals surface area contributed by atoms with Gasteiger partial charge >= 0.3 is 0 Å². The smallest absolute Gasteiger partial charge is 0.279 e. The van der Waals surface area contributed by atoms with E-state index in [0.717, 1.165) is 24.3 Å². The van der Waals surface area contributed by atoms with Gasteiger partial charge in [-0.1, -0.05) is 42.0 Å². The van der Waals surface area contributed by atoms with E-state index < -0.39 is 0 Å². The van der Waals surface area contributed by atoms with Crippen molar-refractivity contribution in [3.63, 3.8) is 0 Å². The third-order valence-electron chi connectivity index (χ3n) is 4.45. The fourth-order valence-electron chi connectivity index (χ4n) is 2.87. The maximum absolute atomic E-state index is 12.4. The van der Waals surface area contributed by atoms with Gasteiger partial charge in [0, 0.05) is 11.6 Å². The number of hydrogen-bond donors (Lipinski definition) is 3. The van der Waals surface area contributed by atoms with Crippen molar-refractivity contribution in [3.8, 4) is 0 Å². The first-order chi connectivity index (χ1) is 12.5. The second-order valence-corrected chi connectivity index (χ2v) is 7.14. The number of nitrogens with one attached hydrogen (secondary N) is 3. The number of carbonyl (C=O) groups excluding carboxylic acids is 2. The topological polar surface area (TPSA) is 62.6 Å². The number of carbonyl (C=O) groups is 2. The first-order valence-electron chi connectivity index (χ1n) is 9.08. The lowest BCUT2D eigenvalue weighted by molar-refractivity contribution is -0.885. The number of likely N-dealkylation sites (N-methyl/N-ethyl adjacent to an activating group) is 1. The molecule has 3 rings (SSSR count). The minimum absolute atomic E-state index is 0.0960. The lowest BCUT2D eigenvalue weighted by atomic mass is 10.1. The molecule has 0 radical (unpaired) electrons. The Hall–Kier alpha value is -2.66. The minimum Gasteiger partial charge on any atom is -0.349 e. The van der Waals surface area contributed by atoms with Gasteiger partial charge in [0.1, 0.15) is 6.54 Å². The SMILES string of the molecule is Cc1ccc(C[NH+](C)CC(=O)Nc2ccccc2C(=O)NC2CC2)cc1. The molecule has 2 aromatic carbocycles. The summed E-state index contributed by atoms with van der Waals surface area (Å²) >= 11 is 0. The molecule has 1 aliphatic rings. The third-order valence-corrected chi connectivity index (χ3v) is 4.45. The van der Waals surface area contributed by atoms with Crippen molar-refractivity contribution in [3.05, 3.63) is 65.2 Å². The molecule has 1 aliphatic carbocycles. The molecule has 1 atom stereocenters. The first kappa shape index (κ1) is 18.1.